The van der Waals surface area contributed by atoms with Crippen LogP contribution in [0.5, 0.6) is 0 Å². The second-order valence-electron chi connectivity index (χ2n) is 6.24. The van der Waals surface area contributed by atoms with Crippen LogP contribution < -0.4 is 11.2 Å². The van der Waals surface area contributed by atoms with E-state index in [9.17, 15) is 9.59 Å². The summed E-state index contributed by atoms with van der Waals surface area (Å²) in [6.07, 6.45) is 1.56. The number of hydrogen-bond acceptors (Lipinski definition) is 3. The van der Waals surface area contributed by atoms with Crippen LogP contribution in [-0.4, -0.2) is 14.1 Å². The number of nitrogens with zero attached hydrogens (tertiary/aromatic N) is 3. The molecule has 0 N–H and O–H groups in total. The van der Waals surface area contributed by atoms with E-state index in [-0.39, 0.29) is 23.3 Å². The molecule has 0 spiro atoms. The zero-order chi connectivity index (χ0) is 18.8. The van der Waals surface area contributed by atoms with Crippen molar-refractivity contribution in [2.75, 3.05) is 0 Å². The predicted molar refractivity (Wildman–Crippen MR) is 106 cm³/mol. The largest absolute Gasteiger partial charge is 0.332 e. The zero-order valence-electron chi connectivity index (χ0n) is 14.4. The molecule has 27 heavy (non-hydrogen) atoms. The van der Waals surface area contributed by atoms with Crippen LogP contribution in [0.25, 0.3) is 11.0 Å². The van der Waals surface area contributed by atoms with Crippen LogP contribution in [0.4, 0.5) is 0 Å². The van der Waals surface area contributed by atoms with Crippen LogP contribution in [0.3, 0.4) is 0 Å². The first-order valence-corrected chi connectivity index (χ1v) is 8.88. The highest BCUT2D eigenvalue weighted by Crippen LogP contribution is 2.12. The molecular weight excluding hydrogens is 362 g/mol. The fourth-order valence-corrected chi connectivity index (χ4v) is 3.20. The van der Waals surface area contributed by atoms with Gasteiger partial charge in [-0.15, -0.1) is 0 Å². The monoisotopic (exact) mass is 377 g/mol. The molecule has 0 aliphatic rings. The number of hydrogen-bond donors (Lipinski definition) is 0. The van der Waals surface area contributed by atoms with Crippen LogP contribution in [0.15, 0.2) is 82.5 Å². The first-order chi connectivity index (χ1) is 13.1. The molecule has 2 heterocycles. The van der Waals surface area contributed by atoms with E-state index in [4.69, 9.17) is 11.6 Å². The molecule has 5 nitrogen and oxygen atoms in total. The maximum atomic E-state index is 13.2. The summed E-state index contributed by atoms with van der Waals surface area (Å²) in [6, 6.07) is 20.2. The van der Waals surface area contributed by atoms with Crippen molar-refractivity contribution in [1.82, 2.24) is 14.1 Å². The lowest BCUT2D eigenvalue weighted by Gasteiger charge is -2.14. The SMILES string of the molecule is O=c1c2ncccc2n(Cc2ccc(Cl)cc2)c(=O)n1Cc1ccccc1. The predicted octanol–water partition coefficient (Wildman–Crippen LogP) is 3.31. The minimum absolute atomic E-state index is 0.200. The van der Waals surface area contributed by atoms with Crippen molar-refractivity contribution in [3.05, 3.63) is 110 Å². The molecule has 0 fully saturated rings. The van der Waals surface area contributed by atoms with E-state index in [0.717, 1.165) is 11.1 Å². The summed E-state index contributed by atoms with van der Waals surface area (Å²) in [4.78, 5) is 30.3. The second kappa shape index (κ2) is 7.21. The molecule has 0 aliphatic carbocycles. The van der Waals surface area contributed by atoms with Crippen molar-refractivity contribution >= 4 is 22.6 Å². The molecule has 4 rings (SSSR count). The quantitative estimate of drug-likeness (QED) is 0.548. The fourth-order valence-electron chi connectivity index (χ4n) is 3.07. The molecule has 6 heteroatoms. The van der Waals surface area contributed by atoms with Crippen molar-refractivity contribution in [3.63, 3.8) is 0 Å². The molecule has 0 radical (unpaired) electrons. The Morgan fingerprint density at radius 2 is 1.44 bits per heavy atom. The summed E-state index contributed by atoms with van der Waals surface area (Å²) in [5.74, 6) is 0. The van der Waals surface area contributed by atoms with E-state index in [2.05, 4.69) is 4.98 Å². The van der Waals surface area contributed by atoms with E-state index in [1.807, 2.05) is 42.5 Å². The minimum atomic E-state index is -0.383. The summed E-state index contributed by atoms with van der Waals surface area (Å²) < 4.78 is 2.82. The van der Waals surface area contributed by atoms with Gasteiger partial charge in [-0.1, -0.05) is 54.1 Å². The van der Waals surface area contributed by atoms with Gasteiger partial charge in [0, 0.05) is 11.2 Å². The van der Waals surface area contributed by atoms with E-state index in [1.54, 1.807) is 35.0 Å². The topological polar surface area (TPSA) is 56.9 Å². The highest BCUT2D eigenvalue weighted by Gasteiger charge is 2.14. The molecule has 4 aromatic rings. The number of benzene rings is 2. The Hall–Kier alpha value is -3.18. The number of aromatic nitrogens is 3. The summed E-state index contributed by atoms with van der Waals surface area (Å²) in [5, 5.41) is 0.631. The van der Waals surface area contributed by atoms with Gasteiger partial charge in [0.2, 0.25) is 0 Å². The van der Waals surface area contributed by atoms with Gasteiger partial charge in [0.1, 0.15) is 0 Å². The number of pyridine rings is 1. The highest BCUT2D eigenvalue weighted by molar-refractivity contribution is 6.30. The van der Waals surface area contributed by atoms with Crippen molar-refractivity contribution in [2.24, 2.45) is 0 Å². The van der Waals surface area contributed by atoms with Crippen LogP contribution in [0.1, 0.15) is 11.1 Å². The van der Waals surface area contributed by atoms with Gasteiger partial charge in [-0.05, 0) is 35.4 Å². The Labute approximate surface area is 160 Å². The molecule has 0 saturated heterocycles. The molecular formula is C21H16ClN3O2. The maximum absolute atomic E-state index is 13.2. The smallest absolute Gasteiger partial charge is 0.287 e. The molecule has 0 bridgehead atoms. The number of rotatable bonds is 4. The zero-order valence-corrected chi connectivity index (χ0v) is 15.1. The molecule has 0 atom stereocenters. The summed E-state index contributed by atoms with van der Waals surface area (Å²) in [7, 11) is 0. The van der Waals surface area contributed by atoms with Gasteiger partial charge in [0.15, 0.2) is 5.52 Å². The molecule has 2 aromatic carbocycles. The Bertz CT molecular complexity index is 1210. The highest BCUT2D eigenvalue weighted by atomic mass is 35.5. The van der Waals surface area contributed by atoms with Crippen LogP contribution in [0, 0.1) is 0 Å². The lowest BCUT2D eigenvalue weighted by molar-refractivity contribution is 0.633. The van der Waals surface area contributed by atoms with E-state index >= 15 is 0 Å². The third kappa shape index (κ3) is 3.41. The van der Waals surface area contributed by atoms with Gasteiger partial charge in [-0.25, -0.2) is 9.78 Å². The summed E-state index contributed by atoms with van der Waals surface area (Å²) in [5.41, 5.74) is 1.85. The number of fused-ring (bicyclic) bond motifs is 1. The lowest BCUT2D eigenvalue weighted by Crippen LogP contribution is -2.40. The van der Waals surface area contributed by atoms with E-state index < -0.39 is 0 Å². The van der Waals surface area contributed by atoms with Crippen molar-refractivity contribution < 1.29 is 0 Å². The first kappa shape index (κ1) is 17.2. The second-order valence-corrected chi connectivity index (χ2v) is 6.68. The Balaban J connectivity index is 1.90. The van der Waals surface area contributed by atoms with Crippen LogP contribution >= 0.6 is 11.6 Å². The molecule has 0 aliphatic heterocycles. The average Bonchev–Trinajstić information content (AvgIpc) is 2.71. The van der Waals surface area contributed by atoms with E-state index in [0.29, 0.717) is 17.1 Å². The summed E-state index contributed by atoms with van der Waals surface area (Å²) in [6.45, 7) is 0.527. The number of halogens is 1. The molecule has 134 valence electrons. The lowest BCUT2D eigenvalue weighted by atomic mass is 10.2. The average molecular weight is 378 g/mol. The first-order valence-electron chi connectivity index (χ1n) is 8.50. The fraction of sp³-hybridized carbons (Fsp3) is 0.0952. The Kier molecular flexibility index (Phi) is 4.60. The van der Waals surface area contributed by atoms with Gasteiger partial charge >= 0.3 is 5.69 Å². The molecule has 0 amide bonds. The van der Waals surface area contributed by atoms with E-state index in [1.165, 1.54) is 4.57 Å². The van der Waals surface area contributed by atoms with Gasteiger partial charge in [0.05, 0.1) is 18.6 Å². The molecule has 0 unspecified atom stereocenters. The maximum Gasteiger partial charge on any atom is 0.332 e. The third-order valence-corrected chi connectivity index (χ3v) is 4.68. The van der Waals surface area contributed by atoms with Gasteiger partial charge in [-0.2, -0.15) is 0 Å². The molecule has 2 aromatic heterocycles. The van der Waals surface area contributed by atoms with Crippen LogP contribution in [0.2, 0.25) is 5.02 Å². The van der Waals surface area contributed by atoms with Crippen molar-refractivity contribution in [1.29, 1.82) is 0 Å². The van der Waals surface area contributed by atoms with Crippen molar-refractivity contribution in [2.45, 2.75) is 13.1 Å². The molecule has 0 saturated carbocycles. The van der Waals surface area contributed by atoms with Crippen LogP contribution in [-0.2, 0) is 13.1 Å². The van der Waals surface area contributed by atoms with Gasteiger partial charge < -0.3 is 0 Å². The Morgan fingerprint density at radius 1 is 0.778 bits per heavy atom. The van der Waals surface area contributed by atoms with Gasteiger partial charge in [0.25, 0.3) is 5.56 Å². The van der Waals surface area contributed by atoms with Gasteiger partial charge in [-0.3, -0.25) is 13.9 Å². The normalized spacial score (nSPS) is 11.0. The third-order valence-electron chi connectivity index (χ3n) is 4.42. The summed E-state index contributed by atoms with van der Waals surface area (Å²) >= 11 is 5.95. The Morgan fingerprint density at radius 3 is 2.19 bits per heavy atom. The van der Waals surface area contributed by atoms with Crippen molar-refractivity contribution in [3.8, 4) is 0 Å². The standard InChI is InChI=1S/C21H16ClN3O2/c22-17-10-8-16(9-11-17)13-24-18-7-4-12-23-19(18)20(26)25(21(24)27)14-15-5-2-1-3-6-15/h1-12H,13-14H2. The minimum Gasteiger partial charge on any atom is -0.287 e.